The molecular formula is C20H31N3O3. The minimum absolute atomic E-state index is 0.0103. The van der Waals surface area contributed by atoms with E-state index >= 15 is 0 Å². The van der Waals surface area contributed by atoms with Gasteiger partial charge in [-0.05, 0) is 38.3 Å². The van der Waals surface area contributed by atoms with Gasteiger partial charge in [-0.1, -0.05) is 38.5 Å². The van der Waals surface area contributed by atoms with Gasteiger partial charge >= 0.3 is 0 Å². The van der Waals surface area contributed by atoms with Crippen LogP contribution in [-0.4, -0.2) is 42.3 Å². The van der Waals surface area contributed by atoms with Crippen LogP contribution in [0.2, 0.25) is 0 Å². The summed E-state index contributed by atoms with van der Waals surface area (Å²) in [5.74, 6) is -0.664. The van der Waals surface area contributed by atoms with E-state index in [0.717, 1.165) is 24.8 Å². The van der Waals surface area contributed by atoms with Crippen LogP contribution < -0.4 is 10.6 Å². The first-order valence-corrected chi connectivity index (χ1v) is 9.33. The maximum absolute atomic E-state index is 12.5. The van der Waals surface area contributed by atoms with Crippen molar-refractivity contribution >= 4 is 23.4 Å². The Hall–Kier alpha value is -2.37. The van der Waals surface area contributed by atoms with E-state index in [1.54, 1.807) is 4.90 Å². The van der Waals surface area contributed by atoms with Crippen molar-refractivity contribution in [3.05, 3.63) is 29.8 Å². The van der Waals surface area contributed by atoms with E-state index in [-0.39, 0.29) is 36.7 Å². The standard InChI is InChI=1S/C20H31N3O3/c1-5-12-23(20(26)16(6-2)7-3)14-19(25)21-13-18(24)22-17-10-8-15(4)9-11-17/h8-11,16H,5-7,12-14H2,1-4H3,(H,21,25)(H,22,24). The van der Waals surface area contributed by atoms with Crippen LogP contribution in [0.4, 0.5) is 5.69 Å². The van der Waals surface area contributed by atoms with Crippen LogP contribution in [0, 0.1) is 12.8 Å². The van der Waals surface area contributed by atoms with Gasteiger partial charge in [0.15, 0.2) is 0 Å². The zero-order valence-electron chi connectivity index (χ0n) is 16.3. The number of carbonyl (C=O) groups excluding carboxylic acids is 3. The molecule has 0 bridgehead atoms. The molecule has 0 saturated heterocycles. The smallest absolute Gasteiger partial charge is 0.243 e. The number of carbonyl (C=O) groups is 3. The molecule has 0 spiro atoms. The molecule has 1 aromatic rings. The van der Waals surface area contributed by atoms with Gasteiger partial charge in [-0.15, -0.1) is 0 Å². The highest BCUT2D eigenvalue weighted by Crippen LogP contribution is 2.12. The number of hydrogen-bond acceptors (Lipinski definition) is 3. The molecule has 0 aliphatic carbocycles. The van der Waals surface area contributed by atoms with E-state index in [1.165, 1.54) is 0 Å². The van der Waals surface area contributed by atoms with Crippen molar-refractivity contribution in [1.29, 1.82) is 0 Å². The van der Waals surface area contributed by atoms with Crippen molar-refractivity contribution in [2.24, 2.45) is 5.92 Å². The largest absolute Gasteiger partial charge is 0.345 e. The molecule has 0 fully saturated rings. The predicted molar refractivity (Wildman–Crippen MR) is 104 cm³/mol. The van der Waals surface area contributed by atoms with Crippen molar-refractivity contribution in [2.75, 3.05) is 25.0 Å². The Morgan fingerprint density at radius 2 is 1.62 bits per heavy atom. The fraction of sp³-hybridized carbons (Fsp3) is 0.550. The summed E-state index contributed by atoms with van der Waals surface area (Å²) in [6.45, 7) is 8.30. The summed E-state index contributed by atoms with van der Waals surface area (Å²) in [6, 6.07) is 7.43. The molecule has 26 heavy (non-hydrogen) atoms. The zero-order chi connectivity index (χ0) is 19.5. The van der Waals surface area contributed by atoms with Crippen LogP contribution in [0.1, 0.15) is 45.6 Å². The van der Waals surface area contributed by atoms with Gasteiger partial charge in [0.1, 0.15) is 0 Å². The van der Waals surface area contributed by atoms with Crippen molar-refractivity contribution in [3.63, 3.8) is 0 Å². The van der Waals surface area contributed by atoms with Crippen LogP contribution in [0.3, 0.4) is 0 Å². The van der Waals surface area contributed by atoms with E-state index in [1.807, 2.05) is 52.0 Å². The third-order valence-corrected chi connectivity index (χ3v) is 4.26. The molecule has 0 unspecified atom stereocenters. The average Bonchev–Trinajstić information content (AvgIpc) is 2.62. The van der Waals surface area contributed by atoms with Crippen molar-refractivity contribution in [3.8, 4) is 0 Å². The highest BCUT2D eigenvalue weighted by atomic mass is 16.2. The molecule has 0 saturated carbocycles. The fourth-order valence-electron chi connectivity index (χ4n) is 2.68. The Morgan fingerprint density at radius 3 is 2.15 bits per heavy atom. The quantitative estimate of drug-likeness (QED) is 0.672. The summed E-state index contributed by atoms with van der Waals surface area (Å²) in [7, 11) is 0. The summed E-state index contributed by atoms with van der Waals surface area (Å²) >= 11 is 0. The topological polar surface area (TPSA) is 78.5 Å². The van der Waals surface area contributed by atoms with Crippen molar-refractivity contribution < 1.29 is 14.4 Å². The lowest BCUT2D eigenvalue weighted by Gasteiger charge is -2.25. The monoisotopic (exact) mass is 361 g/mol. The highest BCUT2D eigenvalue weighted by Gasteiger charge is 2.22. The Balaban J connectivity index is 2.50. The minimum Gasteiger partial charge on any atom is -0.345 e. The second kappa shape index (κ2) is 11.3. The minimum atomic E-state index is -0.322. The van der Waals surface area contributed by atoms with Gasteiger partial charge in [0, 0.05) is 18.2 Å². The predicted octanol–water partition coefficient (Wildman–Crippen LogP) is 2.72. The maximum Gasteiger partial charge on any atom is 0.243 e. The molecule has 0 aromatic heterocycles. The molecule has 0 heterocycles. The SMILES string of the molecule is CCCN(CC(=O)NCC(=O)Nc1ccc(C)cc1)C(=O)C(CC)CC. The number of benzene rings is 1. The van der Waals surface area contributed by atoms with E-state index < -0.39 is 0 Å². The first-order valence-electron chi connectivity index (χ1n) is 9.33. The Kier molecular flexibility index (Phi) is 9.41. The third-order valence-electron chi connectivity index (χ3n) is 4.26. The van der Waals surface area contributed by atoms with E-state index in [2.05, 4.69) is 10.6 Å². The molecule has 2 N–H and O–H groups in total. The molecule has 6 heteroatoms. The van der Waals surface area contributed by atoms with Gasteiger partial charge in [-0.2, -0.15) is 0 Å². The summed E-state index contributed by atoms with van der Waals surface area (Å²) in [5, 5.41) is 5.32. The molecule has 0 aliphatic heterocycles. The number of hydrogen-bond donors (Lipinski definition) is 2. The van der Waals surface area contributed by atoms with E-state index in [0.29, 0.717) is 12.2 Å². The van der Waals surface area contributed by atoms with Gasteiger partial charge in [0.05, 0.1) is 13.1 Å². The first kappa shape index (κ1) is 21.7. The Morgan fingerprint density at radius 1 is 1.00 bits per heavy atom. The lowest BCUT2D eigenvalue weighted by molar-refractivity contribution is -0.139. The summed E-state index contributed by atoms with van der Waals surface area (Å²) < 4.78 is 0. The molecule has 0 atom stereocenters. The molecule has 3 amide bonds. The van der Waals surface area contributed by atoms with Gasteiger partial charge in [0.25, 0.3) is 0 Å². The number of rotatable bonds is 10. The number of anilines is 1. The summed E-state index contributed by atoms with van der Waals surface area (Å²) in [4.78, 5) is 38.2. The third kappa shape index (κ3) is 7.25. The molecule has 1 aromatic carbocycles. The number of amides is 3. The van der Waals surface area contributed by atoms with Crippen LogP contribution in [0.25, 0.3) is 0 Å². The lowest BCUT2D eigenvalue weighted by atomic mass is 10.0. The second-order valence-electron chi connectivity index (χ2n) is 6.46. The van der Waals surface area contributed by atoms with Gasteiger partial charge in [-0.25, -0.2) is 0 Å². The fourth-order valence-corrected chi connectivity index (χ4v) is 2.68. The van der Waals surface area contributed by atoms with Crippen LogP contribution in [-0.2, 0) is 14.4 Å². The number of nitrogens with zero attached hydrogens (tertiary/aromatic N) is 1. The average molecular weight is 361 g/mol. The zero-order valence-corrected chi connectivity index (χ0v) is 16.3. The maximum atomic E-state index is 12.5. The lowest BCUT2D eigenvalue weighted by Crippen LogP contribution is -2.45. The van der Waals surface area contributed by atoms with Crippen molar-refractivity contribution in [2.45, 2.75) is 47.0 Å². The molecule has 0 radical (unpaired) electrons. The Labute approximate surface area is 156 Å². The van der Waals surface area contributed by atoms with E-state index in [9.17, 15) is 14.4 Å². The molecular weight excluding hydrogens is 330 g/mol. The number of aryl methyl sites for hydroxylation is 1. The van der Waals surface area contributed by atoms with Gasteiger partial charge in [-0.3, -0.25) is 14.4 Å². The van der Waals surface area contributed by atoms with Gasteiger partial charge in [0.2, 0.25) is 17.7 Å². The van der Waals surface area contributed by atoms with E-state index in [4.69, 9.17) is 0 Å². The summed E-state index contributed by atoms with van der Waals surface area (Å²) in [6.07, 6.45) is 2.30. The van der Waals surface area contributed by atoms with Gasteiger partial charge < -0.3 is 15.5 Å². The summed E-state index contributed by atoms with van der Waals surface area (Å²) in [5.41, 5.74) is 1.79. The van der Waals surface area contributed by atoms with Crippen LogP contribution in [0.15, 0.2) is 24.3 Å². The molecule has 144 valence electrons. The van der Waals surface area contributed by atoms with Crippen LogP contribution in [0.5, 0.6) is 0 Å². The Bertz CT molecular complexity index is 595. The number of nitrogens with one attached hydrogen (secondary N) is 2. The first-order chi connectivity index (χ1) is 12.4. The van der Waals surface area contributed by atoms with Crippen LogP contribution >= 0.6 is 0 Å². The highest BCUT2D eigenvalue weighted by molar-refractivity contribution is 5.95. The molecule has 1 rings (SSSR count). The van der Waals surface area contributed by atoms with Crippen molar-refractivity contribution in [1.82, 2.24) is 10.2 Å². The second-order valence-corrected chi connectivity index (χ2v) is 6.46. The molecule has 6 nitrogen and oxygen atoms in total. The normalized spacial score (nSPS) is 10.5. The molecule has 0 aliphatic rings.